The molecule has 5 aromatic rings. The molecule has 9 nitrogen and oxygen atoms in total. The molecule has 1 fully saturated rings. The number of amides is 1. The molecule has 228 valence electrons. The van der Waals surface area contributed by atoms with E-state index < -0.39 is 17.7 Å². The third kappa shape index (κ3) is 5.80. The number of Topliss-reactive ketones (excluding diaryl/α,β-unsaturated/α-hetero) is 1. The number of aliphatic hydroxyl groups excluding tert-OH is 1. The van der Waals surface area contributed by atoms with Crippen LogP contribution >= 0.6 is 11.3 Å². The minimum Gasteiger partial charge on any atom is -0.507 e. The number of carbonyl (C=O) groups is 2. The third-order valence-corrected chi connectivity index (χ3v) is 8.43. The second-order valence-electron chi connectivity index (χ2n) is 10.1. The number of fused-ring (bicyclic) bond motifs is 1. The van der Waals surface area contributed by atoms with E-state index >= 15 is 0 Å². The highest BCUT2D eigenvalue weighted by Crippen LogP contribution is 2.46. The van der Waals surface area contributed by atoms with Crippen LogP contribution in [0.15, 0.2) is 96.6 Å². The molecule has 1 N–H and O–H groups in total. The maximum Gasteiger partial charge on any atom is 0.301 e. The summed E-state index contributed by atoms with van der Waals surface area (Å²) in [5.41, 5.74) is 2.46. The van der Waals surface area contributed by atoms with Crippen molar-refractivity contribution in [2.45, 2.75) is 19.6 Å². The van der Waals surface area contributed by atoms with Gasteiger partial charge < -0.3 is 24.1 Å². The molecule has 0 spiro atoms. The van der Waals surface area contributed by atoms with Gasteiger partial charge in [0.25, 0.3) is 5.78 Å². The van der Waals surface area contributed by atoms with Crippen LogP contribution in [-0.2, 0) is 16.2 Å². The molecule has 1 saturated heterocycles. The molecule has 1 atom stereocenters. The molecular weight excluding hydrogens is 592 g/mol. The lowest BCUT2D eigenvalue weighted by molar-refractivity contribution is -0.132. The summed E-state index contributed by atoms with van der Waals surface area (Å²) in [4.78, 5) is 33.5. The average Bonchev–Trinajstić information content (AvgIpc) is 3.61. The number of hydrogen-bond acceptors (Lipinski definition) is 9. The van der Waals surface area contributed by atoms with Gasteiger partial charge in [-0.15, -0.1) is 0 Å². The van der Waals surface area contributed by atoms with Crippen molar-refractivity contribution in [3.63, 3.8) is 0 Å². The Bertz CT molecular complexity index is 1900. The summed E-state index contributed by atoms with van der Waals surface area (Å²) in [6.07, 6.45) is 0. The molecule has 0 aliphatic carbocycles. The first-order chi connectivity index (χ1) is 21.9. The van der Waals surface area contributed by atoms with Gasteiger partial charge in [0.05, 0.1) is 42.7 Å². The molecule has 2 heterocycles. The third-order valence-electron chi connectivity index (χ3n) is 7.41. The fourth-order valence-corrected chi connectivity index (χ4v) is 6.23. The first kappa shape index (κ1) is 29.7. The quantitative estimate of drug-likeness (QED) is 0.102. The van der Waals surface area contributed by atoms with E-state index in [0.29, 0.717) is 58.0 Å². The summed E-state index contributed by atoms with van der Waals surface area (Å²) in [5, 5.41) is 11.9. The van der Waals surface area contributed by atoms with E-state index in [1.165, 1.54) is 30.5 Å². The van der Waals surface area contributed by atoms with E-state index in [9.17, 15) is 14.7 Å². The number of rotatable bonds is 10. The fourth-order valence-electron chi connectivity index (χ4n) is 5.21. The van der Waals surface area contributed by atoms with Gasteiger partial charge in [0.1, 0.15) is 23.9 Å². The Hall–Kier alpha value is -5.35. The molecule has 1 aromatic heterocycles. The number of ether oxygens (including phenoxy) is 4. The number of thiazole rings is 1. The lowest BCUT2D eigenvalue weighted by atomic mass is 9.95. The van der Waals surface area contributed by atoms with Crippen molar-refractivity contribution in [2.24, 2.45) is 0 Å². The zero-order chi connectivity index (χ0) is 31.5. The molecule has 4 aromatic carbocycles. The Morgan fingerprint density at radius 3 is 2.33 bits per heavy atom. The van der Waals surface area contributed by atoms with Crippen LogP contribution in [0.4, 0.5) is 5.13 Å². The molecular formula is C35H30N2O7S. The maximum atomic E-state index is 13.8. The van der Waals surface area contributed by atoms with Gasteiger partial charge in [0, 0.05) is 5.56 Å². The Labute approximate surface area is 263 Å². The molecule has 10 heteroatoms. The van der Waals surface area contributed by atoms with E-state index in [4.69, 9.17) is 23.9 Å². The van der Waals surface area contributed by atoms with Crippen LogP contribution < -0.4 is 23.8 Å². The van der Waals surface area contributed by atoms with Gasteiger partial charge in [0.2, 0.25) is 0 Å². The van der Waals surface area contributed by atoms with Gasteiger partial charge in [-0.3, -0.25) is 14.5 Å². The molecule has 45 heavy (non-hydrogen) atoms. The summed E-state index contributed by atoms with van der Waals surface area (Å²) in [6, 6.07) is 26.0. The van der Waals surface area contributed by atoms with Gasteiger partial charge in [-0.2, -0.15) is 0 Å². The largest absolute Gasteiger partial charge is 0.507 e. The smallest absolute Gasteiger partial charge is 0.301 e. The highest BCUT2D eigenvalue weighted by atomic mass is 32.1. The Morgan fingerprint density at radius 2 is 1.62 bits per heavy atom. The normalized spacial score (nSPS) is 15.8. The van der Waals surface area contributed by atoms with Crippen LogP contribution in [0, 0.1) is 0 Å². The Morgan fingerprint density at radius 1 is 0.867 bits per heavy atom. The van der Waals surface area contributed by atoms with Crippen LogP contribution in [0.5, 0.6) is 23.0 Å². The van der Waals surface area contributed by atoms with Crippen molar-refractivity contribution in [3.8, 4) is 23.0 Å². The minimum atomic E-state index is -1.00. The molecule has 0 saturated carbocycles. The minimum absolute atomic E-state index is 0.0700. The summed E-state index contributed by atoms with van der Waals surface area (Å²) in [5.74, 6) is 0.208. The second-order valence-corrected chi connectivity index (χ2v) is 11.2. The fraction of sp³-hybridized carbons (Fsp3) is 0.171. The SMILES string of the molecule is CCOc1ccc2nc(N3C(=O)C(=O)/C(=C(/O)c4ccc(OC)cc4)C3c3ccc(OCc4ccccc4)c(OC)c3)sc2c1. The molecule has 0 bridgehead atoms. The van der Waals surface area contributed by atoms with E-state index in [1.807, 2.05) is 55.5 Å². The van der Waals surface area contributed by atoms with Crippen molar-refractivity contribution >= 4 is 44.1 Å². The number of benzene rings is 4. The van der Waals surface area contributed by atoms with Gasteiger partial charge in [-0.05, 0) is 72.6 Å². The number of hydrogen-bond donors (Lipinski definition) is 1. The van der Waals surface area contributed by atoms with Crippen LogP contribution in [0.1, 0.15) is 29.7 Å². The predicted molar refractivity (Wildman–Crippen MR) is 172 cm³/mol. The zero-order valence-corrected chi connectivity index (χ0v) is 25.7. The highest BCUT2D eigenvalue weighted by molar-refractivity contribution is 7.22. The van der Waals surface area contributed by atoms with E-state index in [2.05, 4.69) is 0 Å². The number of ketones is 1. The van der Waals surface area contributed by atoms with Crippen LogP contribution in [0.3, 0.4) is 0 Å². The summed E-state index contributed by atoms with van der Waals surface area (Å²) < 4.78 is 23.4. The van der Waals surface area contributed by atoms with Crippen LogP contribution in [-0.4, -0.2) is 42.6 Å². The number of nitrogens with zero attached hydrogens (tertiary/aromatic N) is 2. The summed E-state index contributed by atoms with van der Waals surface area (Å²) >= 11 is 1.26. The highest BCUT2D eigenvalue weighted by Gasteiger charge is 2.48. The zero-order valence-electron chi connectivity index (χ0n) is 24.9. The van der Waals surface area contributed by atoms with Crippen LogP contribution in [0.25, 0.3) is 16.0 Å². The first-order valence-electron chi connectivity index (χ1n) is 14.2. The molecule has 6 rings (SSSR count). The number of methoxy groups -OCH3 is 2. The maximum absolute atomic E-state index is 13.8. The summed E-state index contributed by atoms with van der Waals surface area (Å²) in [7, 11) is 3.06. The van der Waals surface area contributed by atoms with Gasteiger partial charge in [-0.25, -0.2) is 4.98 Å². The van der Waals surface area contributed by atoms with Crippen molar-refractivity contribution in [3.05, 3.63) is 113 Å². The first-order valence-corrected chi connectivity index (χ1v) is 15.1. The summed E-state index contributed by atoms with van der Waals surface area (Å²) in [6.45, 7) is 2.72. The van der Waals surface area contributed by atoms with E-state index in [0.717, 1.165) is 10.3 Å². The van der Waals surface area contributed by atoms with Gasteiger partial charge in [0.15, 0.2) is 16.6 Å². The van der Waals surface area contributed by atoms with Crippen LogP contribution in [0.2, 0.25) is 0 Å². The van der Waals surface area contributed by atoms with Crippen molar-refractivity contribution < 1.29 is 33.6 Å². The predicted octanol–water partition coefficient (Wildman–Crippen LogP) is 6.92. The van der Waals surface area contributed by atoms with Crippen molar-refractivity contribution in [1.29, 1.82) is 0 Å². The topological polar surface area (TPSA) is 107 Å². The molecule has 0 radical (unpaired) electrons. The number of aliphatic hydroxyl groups is 1. The number of aromatic nitrogens is 1. The number of anilines is 1. The lowest BCUT2D eigenvalue weighted by Crippen LogP contribution is -2.29. The molecule has 1 aliphatic heterocycles. The van der Waals surface area contributed by atoms with Crippen molar-refractivity contribution in [1.82, 2.24) is 4.98 Å². The standard InChI is InChI=1S/C35H30N2O7S/c1-4-43-25-15-16-26-29(19-25)45-35(36-26)37-31(30(33(39)34(37)40)32(38)22-10-13-24(41-2)14-11-22)23-12-17-27(28(18-23)42-3)44-20-21-8-6-5-7-9-21/h5-19,31,38H,4,20H2,1-3H3/b32-30+. The molecule has 1 unspecified atom stereocenters. The van der Waals surface area contributed by atoms with Gasteiger partial charge in [-0.1, -0.05) is 47.7 Å². The average molecular weight is 623 g/mol. The van der Waals surface area contributed by atoms with E-state index in [1.54, 1.807) is 42.5 Å². The van der Waals surface area contributed by atoms with E-state index in [-0.39, 0.29) is 11.3 Å². The lowest BCUT2D eigenvalue weighted by Gasteiger charge is -2.24. The molecule has 1 aliphatic rings. The van der Waals surface area contributed by atoms with Gasteiger partial charge >= 0.3 is 5.91 Å². The van der Waals surface area contributed by atoms with Crippen molar-refractivity contribution in [2.75, 3.05) is 25.7 Å². The molecule has 1 amide bonds. The Balaban J connectivity index is 1.46. The second kappa shape index (κ2) is 12.7. The Kier molecular flexibility index (Phi) is 8.39. The number of carbonyl (C=O) groups excluding carboxylic acids is 2. The monoisotopic (exact) mass is 622 g/mol.